The first-order chi connectivity index (χ1) is 17.3. The Bertz CT molecular complexity index is 1050. The molecule has 0 N–H and O–H groups in total. The Balaban J connectivity index is 1.38. The maximum atomic E-state index is 14.3. The van der Waals surface area contributed by atoms with E-state index in [1.165, 1.54) is 29.2 Å². The van der Waals surface area contributed by atoms with Crippen molar-refractivity contribution in [2.24, 2.45) is 5.92 Å². The Hall–Kier alpha value is -3.00. The van der Waals surface area contributed by atoms with Crippen LogP contribution in [0.3, 0.4) is 0 Å². The van der Waals surface area contributed by atoms with Crippen molar-refractivity contribution in [2.45, 2.75) is 38.0 Å². The second-order valence-corrected chi connectivity index (χ2v) is 10.0. The van der Waals surface area contributed by atoms with Gasteiger partial charge in [0.1, 0.15) is 11.6 Å². The highest BCUT2D eigenvalue weighted by Crippen LogP contribution is 2.39. The van der Waals surface area contributed by atoms with E-state index >= 15 is 0 Å². The van der Waals surface area contributed by atoms with Crippen LogP contribution >= 0.6 is 0 Å². The Labute approximate surface area is 211 Å². The van der Waals surface area contributed by atoms with Gasteiger partial charge in [-0.05, 0) is 86.5 Å². The number of carbonyl (C=O) groups is 2. The molecule has 2 aliphatic rings. The van der Waals surface area contributed by atoms with Crippen LogP contribution < -0.4 is 4.90 Å². The van der Waals surface area contributed by atoms with Gasteiger partial charge < -0.3 is 14.5 Å². The van der Waals surface area contributed by atoms with Crippen LogP contribution in [-0.4, -0.2) is 68.7 Å². The largest absolute Gasteiger partial charge is 0.449 e. The third kappa shape index (κ3) is 6.40. The monoisotopic (exact) mass is 499 g/mol. The van der Waals surface area contributed by atoms with E-state index in [4.69, 9.17) is 4.74 Å². The molecule has 36 heavy (non-hydrogen) atoms. The van der Waals surface area contributed by atoms with Crippen LogP contribution in [0.5, 0.6) is 0 Å². The number of anilines is 1. The SMILES string of the molecule is CN(C)C(=O)OCCC1CCN(CC(=O)N2CCCC(c3ccc(F)cc3)c3ccc(F)cc32)CC1. The number of halogens is 2. The van der Waals surface area contributed by atoms with Gasteiger partial charge in [0.25, 0.3) is 0 Å². The summed E-state index contributed by atoms with van der Waals surface area (Å²) >= 11 is 0. The quantitative estimate of drug-likeness (QED) is 0.560. The van der Waals surface area contributed by atoms with Crippen molar-refractivity contribution in [2.75, 3.05) is 51.8 Å². The molecule has 8 heteroatoms. The highest BCUT2D eigenvalue weighted by Gasteiger charge is 2.30. The lowest BCUT2D eigenvalue weighted by atomic mass is 9.87. The highest BCUT2D eigenvalue weighted by molar-refractivity contribution is 5.96. The molecular weight excluding hydrogens is 464 g/mol. The molecule has 4 rings (SSSR count). The average molecular weight is 500 g/mol. The van der Waals surface area contributed by atoms with Crippen LogP contribution in [-0.2, 0) is 9.53 Å². The molecule has 0 spiro atoms. The summed E-state index contributed by atoms with van der Waals surface area (Å²) in [7, 11) is 3.33. The minimum absolute atomic E-state index is 0.0173. The molecule has 2 amide bonds. The van der Waals surface area contributed by atoms with Crippen molar-refractivity contribution in [3.63, 3.8) is 0 Å². The van der Waals surface area contributed by atoms with Crippen molar-refractivity contribution in [3.8, 4) is 0 Å². The third-order valence-corrected chi connectivity index (χ3v) is 7.29. The first kappa shape index (κ1) is 26.1. The number of hydrogen-bond donors (Lipinski definition) is 0. The molecule has 0 aromatic heterocycles. The lowest BCUT2D eigenvalue weighted by molar-refractivity contribution is -0.120. The van der Waals surface area contributed by atoms with Gasteiger partial charge in [-0.15, -0.1) is 0 Å². The molecule has 6 nitrogen and oxygen atoms in total. The van der Waals surface area contributed by atoms with Gasteiger partial charge in [-0.3, -0.25) is 9.69 Å². The second kappa shape index (κ2) is 11.8. The summed E-state index contributed by atoms with van der Waals surface area (Å²) in [6.45, 7) is 2.84. The standard InChI is InChI=1S/C28H35F2N3O3/c1-31(2)28(35)36-17-13-20-11-15-32(16-12-20)19-27(34)33-14-3-4-24(21-5-7-22(29)8-6-21)25-10-9-23(30)18-26(25)33/h5-10,18,20,24H,3-4,11-17,19H2,1-2H3. The fraction of sp³-hybridized carbons (Fsp3) is 0.500. The minimum Gasteiger partial charge on any atom is -0.449 e. The number of carbonyl (C=O) groups excluding carboxylic acids is 2. The summed E-state index contributed by atoms with van der Waals surface area (Å²) < 4.78 is 33.0. The summed E-state index contributed by atoms with van der Waals surface area (Å²) in [5, 5.41) is 0. The summed E-state index contributed by atoms with van der Waals surface area (Å²) in [4.78, 5) is 30.3. The maximum Gasteiger partial charge on any atom is 0.409 e. The molecule has 0 aliphatic carbocycles. The first-order valence-corrected chi connectivity index (χ1v) is 12.7. The number of amides is 2. The molecule has 1 fully saturated rings. The van der Waals surface area contributed by atoms with E-state index in [1.807, 2.05) is 0 Å². The predicted molar refractivity (Wildman–Crippen MR) is 135 cm³/mol. The Morgan fingerprint density at radius 2 is 1.67 bits per heavy atom. The number of fused-ring (bicyclic) bond motifs is 1. The van der Waals surface area contributed by atoms with E-state index in [1.54, 1.807) is 37.2 Å². The Morgan fingerprint density at radius 1 is 0.972 bits per heavy atom. The molecule has 2 aromatic carbocycles. The van der Waals surface area contributed by atoms with Crippen molar-refractivity contribution >= 4 is 17.7 Å². The fourth-order valence-corrected chi connectivity index (χ4v) is 5.23. The van der Waals surface area contributed by atoms with Gasteiger partial charge in [0.05, 0.1) is 18.8 Å². The van der Waals surface area contributed by atoms with Crippen molar-refractivity contribution in [3.05, 3.63) is 65.2 Å². The van der Waals surface area contributed by atoms with Gasteiger partial charge in [-0.25, -0.2) is 13.6 Å². The molecule has 2 aromatic rings. The van der Waals surface area contributed by atoms with E-state index in [0.29, 0.717) is 31.3 Å². The number of benzene rings is 2. The van der Waals surface area contributed by atoms with E-state index in [-0.39, 0.29) is 29.6 Å². The van der Waals surface area contributed by atoms with Crippen LogP contribution in [0.1, 0.15) is 49.1 Å². The van der Waals surface area contributed by atoms with E-state index in [2.05, 4.69) is 4.90 Å². The molecule has 0 saturated carbocycles. The molecule has 0 bridgehead atoms. The molecule has 1 atom stereocenters. The number of nitrogens with zero attached hydrogens (tertiary/aromatic N) is 3. The zero-order valence-electron chi connectivity index (χ0n) is 21.1. The third-order valence-electron chi connectivity index (χ3n) is 7.29. The summed E-state index contributed by atoms with van der Waals surface area (Å²) in [6, 6.07) is 11.1. The highest BCUT2D eigenvalue weighted by atomic mass is 19.1. The summed E-state index contributed by atoms with van der Waals surface area (Å²) in [5.74, 6) is -0.240. The van der Waals surface area contributed by atoms with Gasteiger partial charge in [0.15, 0.2) is 0 Å². The van der Waals surface area contributed by atoms with Crippen LogP contribution in [0.2, 0.25) is 0 Å². The normalized spacial score (nSPS) is 18.9. The molecule has 1 unspecified atom stereocenters. The average Bonchev–Trinajstić information content (AvgIpc) is 3.05. The van der Waals surface area contributed by atoms with Crippen LogP contribution in [0.25, 0.3) is 0 Å². The van der Waals surface area contributed by atoms with E-state index in [0.717, 1.165) is 56.3 Å². The zero-order chi connectivity index (χ0) is 25.7. The maximum absolute atomic E-state index is 14.3. The minimum atomic E-state index is -0.373. The van der Waals surface area contributed by atoms with Crippen molar-refractivity contribution in [1.29, 1.82) is 0 Å². The lowest BCUT2D eigenvalue weighted by Crippen LogP contribution is -2.44. The molecule has 194 valence electrons. The molecule has 0 radical (unpaired) electrons. The smallest absolute Gasteiger partial charge is 0.409 e. The second-order valence-electron chi connectivity index (χ2n) is 10.0. The van der Waals surface area contributed by atoms with Gasteiger partial charge in [0.2, 0.25) is 5.91 Å². The van der Waals surface area contributed by atoms with Crippen molar-refractivity contribution < 1.29 is 23.1 Å². The number of hydrogen-bond acceptors (Lipinski definition) is 4. The number of ether oxygens (including phenoxy) is 1. The van der Waals surface area contributed by atoms with Gasteiger partial charge in [-0.1, -0.05) is 18.2 Å². The van der Waals surface area contributed by atoms with Crippen LogP contribution in [0.4, 0.5) is 19.3 Å². The topological polar surface area (TPSA) is 53.1 Å². The summed E-state index contributed by atoms with van der Waals surface area (Å²) in [5.41, 5.74) is 2.49. The molecule has 2 heterocycles. The first-order valence-electron chi connectivity index (χ1n) is 12.7. The Kier molecular flexibility index (Phi) is 8.56. The Morgan fingerprint density at radius 3 is 2.36 bits per heavy atom. The van der Waals surface area contributed by atoms with Crippen LogP contribution in [0.15, 0.2) is 42.5 Å². The van der Waals surface area contributed by atoms with Gasteiger partial charge in [-0.2, -0.15) is 0 Å². The lowest BCUT2D eigenvalue weighted by Gasteiger charge is -2.33. The predicted octanol–water partition coefficient (Wildman–Crippen LogP) is 5.02. The number of piperidine rings is 1. The summed E-state index contributed by atoms with van der Waals surface area (Å²) in [6.07, 6.45) is 3.98. The number of likely N-dealkylation sites (tertiary alicyclic amines) is 1. The molecule has 2 aliphatic heterocycles. The zero-order valence-corrected chi connectivity index (χ0v) is 21.1. The van der Waals surface area contributed by atoms with Gasteiger partial charge >= 0.3 is 6.09 Å². The molecular formula is C28H35F2N3O3. The number of rotatable bonds is 6. The van der Waals surface area contributed by atoms with Crippen LogP contribution in [0, 0.1) is 17.6 Å². The van der Waals surface area contributed by atoms with Crippen molar-refractivity contribution in [1.82, 2.24) is 9.80 Å². The molecule has 1 saturated heterocycles. The van der Waals surface area contributed by atoms with E-state index < -0.39 is 0 Å². The van der Waals surface area contributed by atoms with Gasteiger partial charge in [0, 0.05) is 26.6 Å². The fourth-order valence-electron chi connectivity index (χ4n) is 5.23. The van der Waals surface area contributed by atoms with E-state index in [9.17, 15) is 18.4 Å².